The van der Waals surface area contributed by atoms with Gasteiger partial charge in [0.1, 0.15) is 5.82 Å². The molecule has 0 spiro atoms. The quantitative estimate of drug-likeness (QED) is 0.741. The Morgan fingerprint density at radius 3 is 2.80 bits per heavy atom. The predicted octanol–water partition coefficient (Wildman–Crippen LogP) is 4.45. The van der Waals surface area contributed by atoms with Crippen LogP contribution in [0, 0.1) is 5.82 Å². The molecule has 1 N–H and O–H groups in total. The van der Waals surface area contributed by atoms with Crippen molar-refractivity contribution < 1.29 is 9.18 Å². The number of para-hydroxylation sites is 1. The summed E-state index contributed by atoms with van der Waals surface area (Å²) in [6.45, 7) is 0. The Morgan fingerprint density at radius 1 is 1.25 bits per heavy atom. The summed E-state index contributed by atoms with van der Waals surface area (Å²) in [5, 5.41) is 3.08. The van der Waals surface area contributed by atoms with Crippen LogP contribution in [-0.2, 0) is 0 Å². The standard InChI is InChI=1S/C14H8BrFN2OS/c15-8-5-6-9(10(16)7-8)13(19)18-14-17-11-3-1-2-4-12(11)20-14/h1-7H,(H,17,18,19). The summed E-state index contributed by atoms with van der Waals surface area (Å²) in [6.07, 6.45) is 0. The molecule has 6 heteroatoms. The molecule has 20 heavy (non-hydrogen) atoms. The molecule has 3 rings (SSSR count). The zero-order valence-electron chi connectivity index (χ0n) is 10.1. The van der Waals surface area contributed by atoms with Crippen LogP contribution in [0.25, 0.3) is 10.2 Å². The number of fused-ring (bicyclic) bond motifs is 1. The fraction of sp³-hybridized carbons (Fsp3) is 0. The highest BCUT2D eigenvalue weighted by molar-refractivity contribution is 9.10. The lowest BCUT2D eigenvalue weighted by Crippen LogP contribution is -2.13. The van der Waals surface area contributed by atoms with Gasteiger partial charge in [-0.05, 0) is 30.3 Å². The van der Waals surface area contributed by atoms with E-state index in [0.29, 0.717) is 9.60 Å². The fourth-order valence-electron chi connectivity index (χ4n) is 1.76. The first-order valence-electron chi connectivity index (χ1n) is 5.75. The van der Waals surface area contributed by atoms with Gasteiger partial charge in [0.15, 0.2) is 5.13 Å². The Morgan fingerprint density at radius 2 is 2.05 bits per heavy atom. The van der Waals surface area contributed by atoms with E-state index in [1.807, 2.05) is 24.3 Å². The van der Waals surface area contributed by atoms with Gasteiger partial charge >= 0.3 is 0 Å². The molecule has 0 saturated heterocycles. The maximum Gasteiger partial charge on any atom is 0.260 e. The van der Waals surface area contributed by atoms with Gasteiger partial charge in [-0.1, -0.05) is 39.4 Å². The third-order valence-corrected chi connectivity index (χ3v) is 4.14. The summed E-state index contributed by atoms with van der Waals surface area (Å²) < 4.78 is 15.3. The molecule has 0 radical (unpaired) electrons. The molecule has 0 bridgehead atoms. The predicted molar refractivity (Wildman–Crippen MR) is 81.7 cm³/mol. The summed E-state index contributed by atoms with van der Waals surface area (Å²) in [7, 11) is 0. The number of carbonyl (C=O) groups excluding carboxylic acids is 1. The van der Waals surface area contributed by atoms with Crippen molar-refractivity contribution in [2.24, 2.45) is 0 Å². The molecule has 0 saturated carbocycles. The van der Waals surface area contributed by atoms with E-state index in [1.165, 1.54) is 23.5 Å². The van der Waals surface area contributed by atoms with Crippen LogP contribution in [0.15, 0.2) is 46.9 Å². The zero-order valence-corrected chi connectivity index (χ0v) is 12.5. The Balaban J connectivity index is 1.88. The van der Waals surface area contributed by atoms with Gasteiger partial charge in [0, 0.05) is 4.47 Å². The van der Waals surface area contributed by atoms with E-state index in [2.05, 4.69) is 26.2 Å². The van der Waals surface area contributed by atoms with Crippen molar-refractivity contribution in [1.29, 1.82) is 0 Å². The van der Waals surface area contributed by atoms with Gasteiger partial charge in [0.2, 0.25) is 0 Å². The number of aromatic nitrogens is 1. The molecule has 1 amide bonds. The van der Waals surface area contributed by atoms with E-state index in [-0.39, 0.29) is 5.56 Å². The van der Waals surface area contributed by atoms with E-state index in [0.717, 1.165) is 10.2 Å². The highest BCUT2D eigenvalue weighted by Gasteiger charge is 2.14. The van der Waals surface area contributed by atoms with Crippen molar-refractivity contribution in [2.75, 3.05) is 5.32 Å². The first-order valence-corrected chi connectivity index (χ1v) is 7.36. The topological polar surface area (TPSA) is 42.0 Å². The summed E-state index contributed by atoms with van der Waals surface area (Å²) in [6, 6.07) is 11.9. The lowest BCUT2D eigenvalue weighted by molar-refractivity contribution is 0.102. The lowest BCUT2D eigenvalue weighted by Gasteiger charge is -2.03. The summed E-state index contributed by atoms with van der Waals surface area (Å²) in [4.78, 5) is 16.3. The van der Waals surface area contributed by atoms with Crippen molar-refractivity contribution in [1.82, 2.24) is 4.98 Å². The van der Waals surface area contributed by atoms with E-state index in [9.17, 15) is 9.18 Å². The highest BCUT2D eigenvalue weighted by Crippen LogP contribution is 2.26. The van der Waals surface area contributed by atoms with E-state index in [1.54, 1.807) is 6.07 Å². The molecule has 100 valence electrons. The second kappa shape index (κ2) is 5.30. The maximum absolute atomic E-state index is 13.7. The van der Waals surface area contributed by atoms with Crippen LogP contribution < -0.4 is 5.32 Å². The first kappa shape index (κ1) is 13.2. The molecule has 0 aliphatic heterocycles. The number of halogens is 2. The number of benzene rings is 2. The number of carbonyl (C=O) groups is 1. The van der Waals surface area contributed by atoms with Crippen LogP contribution in [-0.4, -0.2) is 10.9 Å². The molecular weight excluding hydrogens is 343 g/mol. The maximum atomic E-state index is 13.7. The monoisotopic (exact) mass is 350 g/mol. The van der Waals surface area contributed by atoms with E-state index >= 15 is 0 Å². The molecule has 0 aliphatic carbocycles. The molecule has 1 aromatic heterocycles. The number of amides is 1. The number of hydrogen-bond acceptors (Lipinski definition) is 3. The van der Waals surface area contributed by atoms with E-state index < -0.39 is 11.7 Å². The highest BCUT2D eigenvalue weighted by atomic mass is 79.9. The Hall–Kier alpha value is -1.79. The minimum absolute atomic E-state index is 0.00699. The molecule has 0 atom stereocenters. The smallest absolute Gasteiger partial charge is 0.260 e. The lowest BCUT2D eigenvalue weighted by atomic mass is 10.2. The molecule has 0 unspecified atom stereocenters. The average Bonchev–Trinajstić information content (AvgIpc) is 2.80. The first-order chi connectivity index (χ1) is 9.63. The van der Waals surface area contributed by atoms with Crippen molar-refractivity contribution >= 4 is 48.5 Å². The van der Waals surface area contributed by atoms with Crippen molar-refractivity contribution in [2.45, 2.75) is 0 Å². The second-order valence-corrected chi connectivity index (χ2v) is 6.01. The van der Waals surface area contributed by atoms with Crippen molar-refractivity contribution in [3.05, 3.63) is 58.3 Å². The molecule has 2 aromatic carbocycles. The molecule has 0 aliphatic rings. The number of anilines is 1. The van der Waals surface area contributed by atoms with Gasteiger partial charge in [0.05, 0.1) is 15.8 Å². The normalized spacial score (nSPS) is 10.7. The van der Waals surface area contributed by atoms with Crippen molar-refractivity contribution in [3.8, 4) is 0 Å². The van der Waals surface area contributed by atoms with Gasteiger partial charge < -0.3 is 0 Å². The van der Waals surface area contributed by atoms with Crippen LogP contribution in [0.1, 0.15) is 10.4 Å². The minimum Gasteiger partial charge on any atom is -0.298 e. The van der Waals surface area contributed by atoms with Gasteiger partial charge in [-0.25, -0.2) is 9.37 Å². The molecule has 0 fully saturated rings. The largest absolute Gasteiger partial charge is 0.298 e. The number of thiazole rings is 1. The van der Waals surface area contributed by atoms with E-state index in [4.69, 9.17) is 0 Å². The molecule has 3 aromatic rings. The number of nitrogens with one attached hydrogen (secondary N) is 1. The third-order valence-electron chi connectivity index (χ3n) is 2.69. The van der Waals surface area contributed by atoms with Crippen LogP contribution >= 0.6 is 27.3 Å². The summed E-state index contributed by atoms with van der Waals surface area (Å²) in [5.74, 6) is -1.08. The Labute approximate surface area is 126 Å². The minimum atomic E-state index is -0.571. The number of hydrogen-bond donors (Lipinski definition) is 1. The SMILES string of the molecule is O=C(Nc1nc2ccccc2s1)c1ccc(Br)cc1F. The summed E-state index contributed by atoms with van der Waals surface area (Å²) >= 11 is 4.51. The van der Waals surface area contributed by atoms with Gasteiger partial charge in [-0.3, -0.25) is 10.1 Å². The zero-order chi connectivity index (χ0) is 14.1. The number of nitrogens with zero attached hydrogens (tertiary/aromatic N) is 1. The summed E-state index contributed by atoms with van der Waals surface area (Å²) in [5.41, 5.74) is 0.802. The van der Waals surface area contributed by atoms with Gasteiger partial charge in [-0.15, -0.1) is 0 Å². The van der Waals surface area contributed by atoms with Gasteiger partial charge in [0.25, 0.3) is 5.91 Å². The van der Waals surface area contributed by atoms with Gasteiger partial charge in [-0.2, -0.15) is 0 Å². The van der Waals surface area contributed by atoms with Crippen LogP contribution in [0.5, 0.6) is 0 Å². The van der Waals surface area contributed by atoms with Crippen LogP contribution in [0.2, 0.25) is 0 Å². The fourth-order valence-corrected chi connectivity index (χ4v) is 2.96. The third kappa shape index (κ3) is 2.57. The molecule has 1 heterocycles. The van der Waals surface area contributed by atoms with Crippen LogP contribution in [0.3, 0.4) is 0 Å². The molecule has 3 nitrogen and oxygen atoms in total. The van der Waals surface area contributed by atoms with Crippen LogP contribution in [0.4, 0.5) is 9.52 Å². The number of rotatable bonds is 2. The Bertz CT molecular complexity index is 770. The molecular formula is C14H8BrFN2OS. The Kier molecular flexibility index (Phi) is 3.50. The van der Waals surface area contributed by atoms with Crippen molar-refractivity contribution in [3.63, 3.8) is 0 Å². The average molecular weight is 351 g/mol. The second-order valence-electron chi connectivity index (χ2n) is 4.07.